The van der Waals surface area contributed by atoms with E-state index in [1.165, 1.54) is 12.2 Å². The summed E-state index contributed by atoms with van der Waals surface area (Å²) in [6, 6.07) is -1.04. The van der Waals surface area contributed by atoms with Gasteiger partial charge < -0.3 is 19.3 Å². The number of esters is 2. The molecule has 0 aliphatic carbocycles. The monoisotopic (exact) mass is 420 g/mol. The molecule has 0 radical (unpaired) electrons. The first-order valence-corrected chi connectivity index (χ1v) is 10.6. The molecule has 166 valence electrons. The number of ether oxygens (including phenoxy) is 2. The Bertz CT molecular complexity index is 606. The van der Waals surface area contributed by atoms with Crippen LogP contribution in [-0.2, 0) is 28.7 Å². The highest BCUT2D eigenvalue weighted by Gasteiger charge is 2.36. The number of carbonyl (C=O) groups excluding carboxylic acids is 4. The number of carbonyl (C=O) groups is 4. The molecule has 0 bridgehead atoms. The quantitative estimate of drug-likeness (QED) is 0.288. The predicted octanol–water partition coefficient (Wildman–Crippen LogP) is 1.99. The fourth-order valence-electron chi connectivity index (χ4n) is 3.93. The van der Waals surface area contributed by atoms with E-state index in [-0.39, 0.29) is 49.8 Å². The van der Waals surface area contributed by atoms with Crippen LogP contribution in [0.15, 0.2) is 25.3 Å². The number of hydrogen-bond donors (Lipinski definition) is 0. The largest absolute Gasteiger partial charge is 0.460 e. The maximum Gasteiger partial charge on any atom is 0.329 e. The Balaban J connectivity index is 1.73. The van der Waals surface area contributed by atoms with Crippen LogP contribution in [0.5, 0.6) is 0 Å². The van der Waals surface area contributed by atoms with Crippen LogP contribution in [-0.4, -0.2) is 71.9 Å². The molecule has 2 heterocycles. The van der Waals surface area contributed by atoms with Crippen LogP contribution in [0.4, 0.5) is 0 Å². The molecule has 2 aliphatic rings. The summed E-state index contributed by atoms with van der Waals surface area (Å²) in [6.07, 6.45) is 7.43. The zero-order valence-electron chi connectivity index (χ0n) is 17.6. The molecule has 2 rings (SSSR count). The van der Waals surface area contributed by atoms with E-state index >= 15 is 0 Å². The lowest BCUT2D eigenvalue weighted by atomic mass is 10.1. The minimum atomic E-state index is -0.522. The van der Waals surface area contributed by atoms with Crippen molar-refractivity contribution in [2.45, 2.75) is 63.5 Å². The Hall–Kier alpha value is -2.64. The second-order valence-corrected chi connectivity index (χ2v) is 7.53. The Morgan fingerprint density at radius 2 is 1.17 bits per heavy atom. The van der Waals surface area contributed by atoms with Crippen LogP contribution in [0.1, 0.15) is 51.4 Å². The standard InChI is InChI=1S/C22H32N2O6/c1-3-15-29-21(27)17-9-7-13-23(17)19(25)11-5-6-12-20(26)24-14-8-10-18(24)22(28)30-16-4-2/h3-4,17-18H,1-2,5-16H2/t17-,18-/m1/s1. The number of amides is 2. The van der Waals surface area contributed by atoms with Gasteiger partial charge in [-0.1, -0.05) is 25.3 Å². The predicted molar refractivity (Wildman–Crippen MR) is 110 cm³/mol. The SMILES string of the molecule is C=CCOC(=O)[C@H]1CCCN1C(=O)CCCCC(=O)N1CCC[C@@H]1C(=O)OCC=C. The lowest BCUT2D eigenvalue weighted by molar-refractivity contribution is -0.152. The summed E-state index contributed by atoms with van der Waals surface area (Å²) in [4.78, 5) is 52.3. The van der Waals surface area contributed by atoms with E-state index in [9.17, 15) is 19.2 Å². The minimum absolute atomic E-state index is 0.0902. The van der Waals surface area contributed by atoms with Crippen LogP contribution in [0.2, 0.25) is 0 Å². The van der Waals surface area contributed by atoms with E-state index in [1.54, 1.807) is 9.80 Å². The number of hydrogen-bond acceptors (Lipinski definition) is 6. The van der Waals surface area contributed by atoms with Gasteiger partial charge in [-0.15, -0.1) is 0 Å². The van der Waals surface area contributed by atoms with E-state index in [2.05, 4.69) is 13.2 Å². The third kappa shape index (κ3) is 6.43. The van der Waals surface area contributed by atoms with E-state index in [0.29, 0.717) is 38.8 Å². The van der Waals surface area contributed by atoms with Gasteiger partial charge in [0.15, 0.2) is 0 Å². The molecule has 30 heavy (non-hydrogen) atoms. The normalized spacial score (nSPS) is 20.7. The van der Waals surface area contributed by atoms with Crippen molar-refractivity contribution >= 4 is 23.8 Å². The van der Waals surface area contributed by atoms with E-state index in [0.717, 1.165) is 12.8 Å². The van der Waals surface area contributed by atoms with Crippen molar-refractivity contribution in [3.63, 3.8) is 0 Å². The van der Waals surface area contributed by atoms with Crippen molar-refractivity contribution in [1.29, 1.82) is 0 Å². The average molecular weight is 421 g/mol. The van der Waals surface area contributed by atoms with Crippen molar-refractivity contribution < 1.29 is 28.7 Å². The summed E-state index contributed by atoms with van der Waals surface area (Å²) < 4.78 is 10.2. The van der Waals surface area contributed by atoms with Crippen molar-refractivity contribution in [2.75, 3.05) is 26.3 Å². The second kappa shape index (κ2) is 12.1. The second-order valence-electron chi connectivity index (χ2n) is 7.53. The maximum absolute atomic E-state index is 12.5. The molecule has 0 spiro atoms. The highest BCUT2D eigenvalue weighted by atomic mass is 16.5. The van der Waals surface area contributed by atoms with Crippen LogP contribution >= 0.6 is 0 Å². The van der Waals surface area contributed by atoms with Gasteiger partial charge in [0.1, 0.15) is 25.3 Å². The van der Waals surface area contributed by atoms with Crippen molar-refractivity contribution in [2.24, 2.45) is 0 Å². The molecule has 8 nitrogen and oxygen atoms in total. The van der Waals surface area contributed by atoms with Gasteiger partial charge >= 0.3 is 11.9 Å². The Labute approximate surface area is 177 Å². The summed E-state index contributed by atoms with van der Waals surface area (Å²) in [7, 11) is 0. The molecule has 0 aromatic carbocycles. The van der Waals surface area contributed by atoms with Crippen molar-refractivity contribution in [1.82, 2.24) is 9.80 Å². The number of unbranched alkanes of at least 4 members (excludes halogenated alkanes) is 1. The van der Waals surface area contributed by atoms with Gasteiger partial charge in [0, 0.05) is 25.9 Å². The fraction of sp³-hybridized carbons (Fsp3) is 0.636. The van der Waals surface area contributed by atoms with Gasteiger partial charge in [-0.25, -0.2) is 9.59 Å². The number of rotatable bonds is 11. The van der Waals surface area contributed by atoms with E-state index in [4.69, 9.17) is 9.47 Å². The molecule has 0 saturated carbocycles. The molecule has 2 atom stereocenters. The molecule has 0 aromatic rings. The molecular formula is C22H32N2O6. The molecule has 0 aromatic heterocycles. The van der Waals surface area contributed by atoms with Crippen LogP contribution in [0.25, 0.3) is 0 Å². The van der Waals surface area contributed by atoms with E-state index < -0.39 is 12.1 Å². The third-order valence-corrected chi connectivity index (χ3v) is 5.41. The van der Waals surface area contributed by atoms with Gasteiger partial charge in [-0.05, 0) is 38.5 Å². The highest BCUT2D eigenvalue weighted by molar-refractivity contribution is 5.86. The van der Waals surface area contributed by atoms with E-state index in [1.807, 2.05) is 0 Å². The highest BCUT2D eigenvalue weighted by Crippen LogP contribution is 2.22. The number of likely N-dealkylation sites (tertiary alicyclic amines) is 2. The van der Waals surface area contributed by atoms with Crippen LogP contribution in [0, 0.1) is 0 Å². The lowest BCUT2D eigenvalue weighted by Gasteiger charge is -2.24. The van der Waals surface area contributed by atoms with Crippen LogP contribution in [0.3, 0.4) is 0 Å². The fourth-order valence-corrected chi connectivity index (χ4v) is 3.93. The average Bonchev–Trinajstić information content (AvgIpc) is 3.42. The van der Waals surface area contributed by atoms with Crippen molar-refractivity contribution in [3.8, 4) is 0 Å². The smallest absolute Gasteiger partial charge is 0.329 e. The van der Waals surface area contributed by atoms with Gasteiger partial charge in [-0.2, -0.15) is 0 Å². The summed E-state index contributed by atoms with van der Waals surface area (Å²) in [6.45, 7) is 8.40. The molecule has 2 saturated heterocycles. The zero-order valence-corrected chi connectivity index (χ0v) is 17.6. The molecule has 0 N–H and O–H groups in total. The third-order valence-electron chi connectivity index (χ3n) is 5.41. The zero-order chi connectivity index (χ0) is 21.9. The first kappa shape index (κ1) is 23.6. The summed E-state index contributed by atoms with van der Waals surface area (Å²) in [5.41, 5.74) is 0. The Morgan fingerprint density at radius 1 is 0.767 bits per heavy atom. The van der Waals surface area contributed by atoms with Gasteiger partial charge in [0.2, 0.25) is 11.8 Å². The Kier molecular flexibility index (Phi) is 9.57. The first-order chi connectivity index (χ1) is 14.5. The molecule has 2 amide bonds. The maximum atomic E-state index is 12.5. The lowest BCUT2D eigenvalue weighted by Crippen LogP contribution is -2.41. The summed E-state index contributed by atoms with van der Waals surface area (Å²) in [5.74, 6) is -0.959. The molecule has 0 unspecified atom stereocenters. The topological polar surface area (TPSA) is 93.2 Å². The molecule has 2 fully saturated rings. The summed E-state index contributed by atoms with van der Waals surface area (Å²) in [5, 5.41) is 0. The molecule has 8 heteroatoms. The Morgan fingerprint density at radius 3 is 1.53 bits per heavy atom. The van der Waals surface area contributed by atoms with Gasteiger partial charge in [0.25, 0.3) is 0 Å². The minimum Gasteiger partial charge on any atom is -0.460 e. The number of nitrogens with zero attached hydrogens (tertiary/aromatic N) is 2. The molecule has 2 aliphatic heterocycles. The van der Waals surface area contributed by atoms with Crippen LogP contribution < -0.4 is 0 Å². The molecular weight excluding hydrogens is 388 g/mol. The first-order valence-electron chi connectivity index (χ1n) is 10.6. The summed E-state index contributed by atoms with van der Waals surface area (Å²) >= 11 is 0. The van der Waals surface area contributed by atoms with Gasteiger partial charge in [0.05, 0.1) is 0 Å². The van der Waals surface area contributed by atoms with Crippen molar-refractivity contribution in [3.05, 3.63) is 25.3 Å². The van der Waals surface area contributed by atoms with Gasteiger partial charge in [-0.3, -0.25) is 9.59 Å².